The van der Waals surface area contributed by atoms with Gasteiger partial charge in [0.2, 0.25) is 0 Å². The van der Waals surface area contributed by atoms with Crippen LogP contribution in [0.25, 0.3) is 0 Å². The lowest BCUT2D eigenvalue weighted by atomic mass is 9.51. The first-order valence-corrected chi connectivity index (χ1v) is 21.1. The van der Waals surface area contributed by atoms with Crippen LogP contribution in [0.15, 0.2) is 29.2 Å². The van der Waals surface area contributed by atoms with Crippen LogP contribution in [-0.2, 0) is 29.2 Å². The highest BCUT2D eigenvalue weighted by Gasteiger charge is 2.70. The van der Waals surface area contributed by atoms with E-state index in [1.165, 1.54) is 18.6 Å². The maximum atomic E-state index is 13.9. The van der Waals surface area contributed by atoms with E-state index in [1.807, 2.05) is 6.07 Å². The second kappa shape index (κ2) is 11.9. The number of hydrogen-bond acceptors (Lipinski definition) is 8. The van der Waals surface area contributed by atoms with Crippen molar-refractivity contribution in [2.45, 2.75) is 61.5 Å². The molecule has 0 aromatic heterocycles. The Hall–Kier alpha value is -0.320. The average molecular weight is 1100 g/mol. The fraction of sp³-hybridized carbons (Fsp3) is 0.531. The van der Waals surface area contributed by atoms with E-state index in [-0.39, 0.29) is 22.5 Å². The molecule has 244 valence electrons. The van der Waals surface area contributed by atoms with E-state index >= 15 is 0 Å². The lowest BCUT2D eigenvalue weighted by Crippen LogP contribution is -2.44. The fourth-order valence-electron chi connectivity index (χ4n) is 10.1. The topological polar surface area (TPSA) is 133 Å². The third-order valence-electron chi connectivity index (χ3n) is 11.4. The summed E-state index contributed by atoms with van der Waals surface area (Å²) < 4.78 is 56.4. The SMILES string of the molecule is O=C(OC1C2CC3C1OC(=O)C3C2C(=O)Oc1ccc(S(=O)(=O)O)c(C2C3CC4CC(C3)CC2C4)c1)c1c(I)cc(I)c(I)c1I. The van der Waals surface area contributed by atoms with Crippen LogP contribution >= 0.6 is 90.4 Å². The molecule has 7 aliphatic rings. The van der Waals surface area contributed by atoms with Crippen molar-refractivity contribution in [3.8, 4) is 5.75 Å². The minimum atomic E-state index is -4.50. The number of halogens is 4. The molecule has 0 amide bonds. The van der Waals surface area contributed by atoms with Gasteiger partial charge in [-0.25, -0.2) is 4.79 Å². The molecule has 9 nitrogen and oxygen atoms in total. The number of esters is 3. The standard InChI is InChI=1S/C32H28I4O9S/c33-19-10-20(34)26(35)27(36)25(19)32(39)45-29-17-9-18-24(31(38)44-28(18)29)23(17)30(37)43-15-1-2-21(46(40,41)42)16(8-15)22-13-4-11-3-12(6-13)7-14(22)5-11/h1-2,8,10-14,17-18,22-24,28-29H,3-7,9H2,(H,40,41,42). The largest absolute Gasteiger partial charge is 0.458 e. The smallest absolute Gasteiger partial charge is 0.340 e. The Morgan fingerprint density at radius 1 is 0.848 bits per heavy atom. The zero-order valence-corrected chi connectivity index (χ0v) is 33.5. The number of hydrogen-bond donors (Lipinski definition) is 1. The number of fused-ring (bicyclic) bond motifs is 1. The normalized spacial score (nSPS) is 36.6. The highest BCUT2D eigenvalue weighted by molar-refractivity contribution is 14.1. The van der Waals surface area contributed by atoms with E-state index in [0.717, 1.165) is 40.0 Å². The van der Waals surface area contributed by atoms with E-state index in [4.69, 9.17) is 14.2 Å². The Labute approximate surface area is 320 Å². The molecular formula is C32H28I4O9S. The predicted molar refractivity (Wildman–Crippen MR) is 197 cm³/mol. The molecule has 6 saturated carbocycles. The van der Waals surface area contributed by atoms with Gasteiger partial charge in [-0.1, -0.05) is 0 Å². The summed E-state index contributed by atoms with van der Waals surface area (Å²) in [6, 6.07) is 6.24. The molecule has 46 heavy (non-hydrogen) atoms. The summed E-state index contributed by atoms with van der Waals surface area (Å²) in [5.41, 5.74) is 0.961. The average Bonchev–Trinajstić information content (AvgIpc) is 3.59. The summed E-state index contributed by atoms with van der Waals surface area (Å²) in [7, 11) is -4.50. The summed E-state index contributed by atoms with van der Waals surface area (Å²) in [5, 5.41) is 0. The van der Waals surface area contributed by atoms with Gasteiger partial charge in [-0.2, -0.15) is 8.42 Å². The number of ether oxygens (including phenoxy) is 3. The Morgan fingerprint density at radius 3 is 2.17 bits per heavy atom. The highest BCUT2D eigenvalue weighted by Crippen LogP contribution is 2.61. The maximum Gasteiger partial charge on any atom is 0.340 e. The molecule has 1 N–H and O–H groups in total. The minimum Gasteiger partial charge on any atom is -0.458 e. The van der Waals surface area contributed by atoms with Crippen LogP contribution in [-0.4, -0.2) is 43.1 Å². The number of carbonyl (C=O) groups excluding carboxylic acids is 3. The van der Waals surface area contributed by atoms with Gasteiger partial charge in [0.1, 0.15) is 18.0 Å². The summed E-state index contributed by atoms with van der Waals surface area (Å²) in [5.74, 6) is -1.74. The molecule has 6 aliphatic carbocycles. The Balaban J connectivity index is 1.07. The number of carbonyl (C=O) groups is 3. The molecule has 7 fully saturated rings. The van der Waals surface area contributed by atoms with Crippen molar-refractivity contribution in [1.82, 2.24) is 0 Å². The molecule has 0 radical (unpaired) electrons. The highest BCUT2D eigenvalue weighted by atomic mass is 127. The van der Waals surface area contributed by atoms with E-state index in [2.05, 4.69) is 90.4 Å². The van der Waals surface area contributed by atoms with Gasteiger partial charge in [0, 0.05) is 26.1 Å². The summed E-state index contributed by atoms with van der Waals surface area (Å²) >= 11 is 8.68. The second-order valence-corrected chi connectivity index (χ2v) is 19.7. The van der Waals surface area contributed by atoms with Gasteiger partial charge in [-0.3, -0.25) is 14.1 Å². The summed E-state index contributed by atoms with van der Waals surface area (Å²) in [4.78, 5) is 40.4. The van der Waals surface area contributed by atoms with Gasteiger partial charge in [0.05, 0.1) is 22.3 Å². The molecule has 14 heteroatoms. The molecule has 1 heterocycles. The zero-order valence-electron chi connectivity index (χ0n) is 24.0. The van der Waals surface area contributed by atoms with Gasteiger partial charge in [0.25, 0.3) is 10.1 Å². The second-order valence-electron chi connectivity index (χ2n) is 13.8. The van der Waals surface area contributed by atoms with Crippen LogP contribution < -0.4 is 4.74 Å². The van der Waals surface area contributed by atoms with E-state index in [9.17, 15) is 27.4 Å². The van der Waals surface area contributed by atoms with Crippen molar-refractivity contribution in [3.63, 3.8) is 0 Å². The van der Waals surface area contributed by atoms with Gasteiger partial charge >= 0.3 is 17.9 Å². The fourth-order valence-corrected chi connectivity index (χ4v) is 15.1. The first-order valence-electron chi connectivity index (χ1n) is 15.4. The van der Waals surface area contributed by atoms with Crippen LogP contribution in [0.1, 0.15) is 60.4 Å². The lowest BCUT2D eigenvalue weighted by molar-refractivity contribution is -0.149. The van der Waals surface area contributed by atoms with Crippen LogP contribution in [0.5, 0.6) is 5.75 Å². The van der Waals surface area contributed by atoms with Crippen LogP contribution in [0.4, 0.5) is 0 Å². The minimum absolute atomic E-state index is 0.0323. The lowest BCUT2D eigenvalue weighted by Gasteiger charge is -2.54. The zero-order chi connectivity index (χ0) is 32.4. The Morgan fingerprint density at radius 2 is 1.52 bits per heavy atom. The van der Waals surface area contributed by atoms with Crippen molar-refractivity contribution in [2.24, 2.45) is 47.3 Å². The van der Waals surface area contributed by atoms with Gasteiger partial charge < -0.3 is 14.2 Å². The monoisotopic (exact) mass is 1100 g/mol. The molecule has 2 aromatic carbocycles. The molecule has 0 spiro atoms. The Bertz CT molecular complexity index is 1780. The predicted octanol–water partition coefficient (Wildman–Crippen LogP) is 6.83. The molecule has 9 rings (SSSR count). The molecular weight excluding hydrogens is 1070 g/mol. The van der Waals surface area contributed by atoms with Gasteiger partial charge in [-0.15, -0.1) is 0 Å². The van der Waals surface area contributed by atoms with E-state index < -0.39 is 58.0 Å². The quantitative estimate of drug-likeness (QED) is 0.0826. The van der Waals surface area contributed by atoms with Gasteiger partial charge in [-0.05, 0) is 188 Å². The van der Waals surface area contributed by atoms with Crippen LogP contribution in [0, 0.1) is 61.6 Å². The van der Waals surface area contributed by atoms with E-state index in [1.54, 1.807) is 6.07 Å². The molecule has 6 bridgehead atoms. The van der Waals surface area contributed by atoms with Crippen LogP contribution in [0.3, 0.4) is 0 Å². The summed E-state index contributed by atoms with van der Waals surface area (Å²) in [6.07, 6.45) is 4.53. The third-order valence-corrected chi connectivity index (χ3v) is 18.3. The number of rotatable bonds is 6. The third kappa shape index (κ3) is 5.29. The maximum absolute atomic E-state index is 13.9. The van der Waals surface area contributed by atoms with Gasteiger partial charge in [0.15, 0.2) is 0 Å². The number of benzene rings is 2. The molecule has 1 aliphatic heterocycles. The van der Waals surface area contributed by atoms with Crippen molar-refractivity contribution in [3.05, 3.63) is 49.7 Å². The van der Waals surface area contributed by atoms with Crippen molar-refractivity contribution >= 4 is 118 Å². The molecule has 1 saturated heterocycles. The Kier molecular flexibility index (Phi) is 8.49. The van der Waals surface area contributed by atoms with E-state index in [0.29, 0.717) is 41.2 Å². The molecule has 2 aromatic rings. The van der Waals surface area contributed by atoms with Crippen molar-refractivity contribution in [1.29, 1.82) is 0 Å². The first-order chi connectivity index (χ1) is 21.8. The molecule has 6 unspecified atom stereocenters. The molecule has 6 atom stereocenters. The van der Waals surface area contributed by atoms with Crippen molar-refractivity contribution in [2.75, 3.05) is 0 Å². The van der Waals surface area contributed by atoms with Crippen LogP contribution in [0.2, 0.25) is 0 Å². The van der Waals surface area contributed by atoms with Crippen molar-refractivity contribution < 1.29 is 41.6 Å². The summed E-state index contributed by atoms with van der Waals surface area (Å²) in [6.45, 7) is 0. The first kappa shape index (κ1) is 32.9.